The molecule has 0 aliphatic heterocycles. The van der Waals surface area contributed by atoms with Gasteiger partial charge in [-0.1, -0.05) is 0 Å². The quantitative estimate of drug-likeness (QED) is 0.715. The smallest absolute Gasteiger partial charge is 0.355 e. The number of hydrogen-bond acceptors (Lipinski definition) is 3. The average Bonchev–Trinajstić information content (AvgIpc) is 2.03. The molecule has 0 aliphatic carbocycles. The Labute approximate surface area is 72.6 Å². The summed E-state index contributed by atoms with van der Waals surface area (Å²) in [5.41, 5.74) is -0.107. The second-order valence-electron chi connectivity index (χ2n) is 2.01. The summed E-state index contributed by atoms with van der Waals surface area (Å²) in [7, 11) is 0. The SMILES string of the molecule is CSc1cc(F)cnc1C(=O)O. The maximum atomic E-state index is 12.5. The molecule has 1 heterocycles. The van der Waals surface area contributed by atoms with Crippen molar-refractivity contribution in [1.29, 1.82) is 0 Å². The van der Waals surface area contributed by atoms with Crippen LogP contribution >= 0.6 is 11.8 Å². The third kappa shape index (κ3) is 1.73. The summed E-state index contributed by atoms with van der Waals surface area (Å²) < 4.78 is 12.5. The van der Waals surface area contributed by atoms with Gasteiger partial charge in [-0.3, -0.25) is 0 Å². The summed E-state index contributed by atoms with van der Waals surface area (Å²) in [6.45, 7) is 0. The molecule has 0 saturated carbocycles. The minimum Gasteiger partial charge on any atom is -0.476 e. The standard InChI is InChI=1S/C7H6FNO2S/c1-12-5-2-4(8)3-9-6(5)7(10)11/h2-3H,1H3,(H,10,11). The number of rotatable bonds is 2. The lowest BCUT2D eigenvalue weighted by Crippen LogP contribution is -2.02. The lowest BCUT2D eigenvalue weighted by Gasteiger charge is -2.00. The first kappa shape index (κ1) is 8.99. The van der Waals surface area contributed by atoms with Crippen molar-refractivity contribution in [2.45, 2.75) is 4.90 Å². The van der Waals surface area contributed by atoms with E-state index in [1.807, 2.05) is 0 Å². The zero-order valence-corrected chi connectivity index (χ0v) is 7.06. The predicted octanol–water partition coefficient (Wildman–Crippen LogP) is 1.64. The fourth-order valence-corrected chi connectivity index (χ4v) is 1.30. The van der Waals surface area contributed by atoms with Gasteiger partial charge in [-0.05, 0) is 12.3 Å². The van der Waals surface area contributed by atoms with E-state index in [0.29, 0.717) is 4.90 Å². The lowest BCUT2D eigenvalue weighted by molar-refractivity contribution is 0.0686. The molecule has 1 aromatic rings. The molecule has 1 rings (SSSR count). The Morgan fingerprint density at radius 2 is 2.42 bits per heavy atom. The number of halogens is 1. The monoisotopic (exact) mass is 187 g/mol. The van der Waals surface area contributed by atoms with Crippen molar-refractivity contribution in [3.05, 3.63) is 23.8 Å². The van der Waals surface area contributed by atoms with E-state index in [1.54, 1.807) is 6.26 Å². The number of aromatic carboxylic acids is 1. The molecular formula is C7H6FNO2S. The number of carbonyl (C=O) groups is 1. The minimum absolute atomic E-state index is 0.107. The van der Waals surface area contributed by atoms with Gasteiger partial charge in [-0.25, -0.2) is 14.2 Å². The van der Waals surface area contributed by atoms with Gasteiger partial charge in [-0.15, -0.1) is 11.8 Å². The third-order valence-corrected chi connectivity index (χ3v) is 1.99. The van der Waals surface area contributed by atoms with Gasteiger partial charge in [0.2, 0.25) is 0 Å². The van der Waals surface area contributed by atoms with Gasteiger partial charge < -0.3 is 5.11 Å². The summed E-state index contributed by atoms with van der Waals surface area (Å²) in [6.07, 6.45) is 2.56. The second kappa shape index (κ2) is 3.53. The highest BCUT2D eigenvalue weighted by Crippen LogP contribution is 2.18. The zero-order chi connectivity index (χ0) is 9.14. The van der Waals surface area contributed by atoms with Gasteiger partial charge in [0.05, 0.1) is 6.20 Å². The largest absolute Gasteiger partial charge is 0.476 e. The topological polar surface area (TPSA) is 50.2 Å². The summed E-state index contributed by atoms with van der Waals surface area (Å²) >= 11 is 1.15. The van der Waals surface area contributed by atoms with E-state index < -0.39 is 11.8 Å². The predicted molar refractivity (Wildman–Crippen MR) is 42.9 cm³/mol. The van der Waals surface area contributed by atoms with Crippen molar-refractivity contribution >= 4 is 17.7 Å². The molecule has 1 N–H and O–H groups in total. The molecule has 0 atom stereocenters. The first-order chi connectivity index (χ1) is 5.65. The highest BCUT2D eigenvalue weighted by molar-refractivity contribution is 7.98. The summed E-state index contributed by atoms with van der Waals surface area (Å²) in [5.74, 6) is -1.66. The van der Waals surface area contributed by atoms with E-state index >= 15 is 0 Å². The van der Waals surface area contributed by atoms with E-state index in [2.05, 4.69) is 4.98 Å². The van der Waals surface area contributed by atoms with Gasteiger partial charge in [0.25, 0.3) is 0 Å². The van der Waals surface area contributed by atoms with Gasteiger partial charge in [0, 0.05) is 4.90 Å². The Morgan fingerprint density at radius 3 is 2.92 bits per heavy atom. The molecule has 0 unspecified atom stereocenters. The number of aromatic nitrogens is 1. The second-order valence-corrected chi connectivity index (χ2v) is 2.86. The summed E-state index contributed by atoms with van der Waals surface area (Å²) in [5, 5.41) is 8.59. The van der Waals surface area contributed by atoms with E-state index in [9.17, 15) is 9.18 Å². The number of hydrogen-bond donors (Lipinski definition) is 1. The number of thioether (sulfide) groups is 1. The van der Waals surface area contributed by atoms with Gasteiger partial charge in [0.1, 0.15) is 5.82 Å². The Kier molecular flexibility index (Phi) is 2.65. The molecular weight excluding hydrogens is 181 g/mol. The minimum atomic E-state index is -1.14. The van der Waals surface area contributed by atoms with Gasteiger partial charge >= 0.3 is 5.97 Å². The maximum absolute atomic E-state index is 12.5. The molecule has 12 heavy (non-hydrogen) atoms. The lowest BCUT2D eigenvalue weighted by atomic mass is 10.3. The number of carboxylic acids is 1. The van der Waals surface area contributed by atoms with Crippen LogP contribution in [0.3, 0.4) is 0 Å². The van der Waals surface area contributed by atoms with E-state index in [0.717, 1.165) is 24.0 Å². The Hall–Kier alpha value is -1.10. The van der Waals surface area contributed by atoms with Crippen LogP contribution in [0.25, 0.3) is 0 Å². The van der Waals surface area contributed by atoms with Crippen LogP contribution in [0.2, 0.25) is 0 Å². The van der Waals surface area contributed by atoms with Crippen molar-refractivity contribution in [2.75, 3.05) is 6.26 Å². The van der Waals surface area contributed by atoms with Crippen LogP contribution in [0.1, 0.15) is 10.5 Å². The summed E-state index contributed by atoms with van der Waals surface area (Å²) in [4.78, 5) is 14.3. The Balaban J connectivity index is 3.20. The molecule has 0 saturated heterocycles. The van der Waals surface area contributed by atoms with E-state index in [4.69, 9.17) is 5.11 Å². The number of carboxylic acid groups (broad SMARTS) is 1. The van der Waals surface area contributed by atoms with Crippen LogP contribution in [0.15, 0.2) is 17.2 Å². The molecule has 3 nitrogen and oxygen atoms in total. The highest BCUT2D eigenvalue weighted by atomic mass is 32.2. The van der Waals surface area contributed by atoms with Crippen LogP contribution in [0, 0.1) is 5.82 Å². The van der Waals surface area contributed by atoms with Crippen LogP contribution < -0.4 is 0 Å². The summed E-state index contributed by atoms with van der Waals surface area (Å²) in [6, 6.07) is 1.15. The molecule has 0 aromatic carbocycles. The molecule has 1 aromatic heterocycles. The Bertz CT molecular complexity index is 316. The molecule has 5 heteroatoms. The molecule has 0 aliphatic rings. The van der Waals surface area contributed by atoms with Crippen molar-refractivity contribution in [3.8, 4) is 0 Å². The molecule has 0 bridgehead atoms. The van der Waals surface area contributed by atoms with Crippen LogP contribution in [0.5, 0.6) is 0 Å². The van der Waals surface area contributed by atoms with E-state index in [1.165, 1.54) is 0 Å². The van der Waals surface area contributed by atoms with Crippen LogP contribution in [-0.4, -0.2) is 22.3 Å². The average molecular weight is 187 g/mol. The van der Waals surface area contributed by atoms with Gasteiger partial charge in [0.15, 0.2) is 5.69 Å². The highest BCUT2D eigenvalue weighted by Gasteiger charge is 2.11. The fraction of sp³-hybridized carbons (Fsp3) is 0.143. The zero-order valence-electron chi connectivity index (χ0n) is 6.24. The molecule has 0 fully saturated rings. The first-order valence-electron chi connectivity index (χ1n) is 3.08. The molecule has 0 amide bonds. The number of nitrogens with zero attached hydrogens (tertiary/aromatic N) is 1. The van der Waals surface area contributed by atoms with Crippen LogP contribution in [-0.2, 0) is 0 Å². The van der Waals surface area contributed by atoms with Crippen molar-refractivity contribution < 1.29 is 14.3 Å². The third-order valence-electron chi connectivity index (χ3n) is 1.24. The van der Waals surface area contributed by atoms with Crippen LogP contribution in [0.4, 0.5) is 4.39 Å². The molecule has 0 radical (unpaired) electrons. The van der Waals surface area contributed by atoms with Crippen molar-refractivity contribution in [1.82, 2.24) is 4.98 Å². The van der Waals surface area contributed by atoms with E-state index in [-0.39, 0.29) is 5.69 Å². The Morgan fingerprint density at radius 1 is 1.75 bits per heavy atom. The van der Waals surface area contributed by atoms with Gasteiger partial charge in [-0.2, -0.15) is 0 Å². The molecule has 64 valence electrons. The normalized spacial score (nSPS) is 9.83. The maximum Gasteiger partial charge on any atom is 0.355 e. The van der Waals surface area contributed by atoms with Crippen molar-refractivity contribution in [2.24, 2.45) is 0 Å². The first-order valence-corrected chi connectivity index (χ1v) is 4.30. The number of pyridine rings is 1. The van der Waals surface area contributed by atoms with Crippen molar-refractivity contribution in [3.63, 3.8) is 0 Å². The molecule has 0 spiro atoms. The fourth-order valence-electron chi connectivity index (χ4n) is 0.737.